The summed E-state index contributed by atoms with van der Waals surface area (Å²) in [6.07, 6.45) is 2.58. The Morgan fingerprint density at radius 1 is 1.37 bits per heavy atom. The van der Waals surface area contributed by atoms with Crippen molar-refractivity contribution in [2.24, 2.45) is 5.92 Å². The van der Waals surface area contributed by atoms with Crippen LogP contribution in [0.25, 0.3) is 0 Å². The van der Waals surface area contributed by atoms with E-state index in [1.807, 2.05) is 6.07 Å². The molecule has 4 heteroatoms. The summed E-state index contributed by atoms with van der Waals surface area (Å²) in [5, 5.41) is 3.86. The highest BCUT2D eigenvalue weighted by atomic mass is 35.5. The average molecular weight is 283 g/mol. The molecule has 1 N–H and O–H groups in total. The molecule has 1 aromatic carbocycles. The SMILES string of the molecule is CC(NC1CN2CCC1CC2)c1ccc(Cl)c(F)c1. The largest absolute Gasteiger partial charge is 0.306 e. The van der Waals surface area contributed by atoms with E-state index < -0.39 is 0 Å². The van der Waals surface area contributed by atoms with Crippen molar-refractivity contribution in [2.75, 3.05) is 19.6 Å². The first-order valence-corrected chi connectivity index (χ1v) is 7.44. The molecule has 19 heavy (non-hydrogen) atoms. The van der Waals surface area contributed by atoms with Crippen molar-refractivity contribution in [3.8, 4) is 0 Å². The minimum atomic E-state index is -0.332. The quantitative estimate of drug-likeness (QED) is 0.916. The van der Waals surface area contributed by atoms with E-state index in [0.29, 0.717) is 6.04 Å². The highest BCUT2D eigenvalue weighted by Crippen LogP contribution is 2.29. The Balaban J connectivity index is 1.67. The zero-order chi connectivity index (χ0) is 13.4. The van der Waals surface area contributed by atoms with Gasteiger partial charge >= 0.3 is 0 Å². The van der Waals surface area contributed by atoms with Crippen LogP contribution in [0.15, 0.2) is 18.2 Å². The molecule has 1 aromatic rings. The Hall–Kier alpha value is -0.640. The molecule has 0 amide bonds. The molecule has 2 unspecified atom stereocenters. The fourth-order valence-electron chi connectivity index (χ4n) is 3.35. The number of nitrogens with zero attached hydrogens (tertiary/aromatic N) is 1. The van der Waals surface area contributed by atoms with Crippen molar-refractivity contribution in [3.05, 3.63) is 34.6 Å². The molecule has 2 atom stereocenters. The van der Waals surface area contributed by atoms with E-state index in [2.05, 4.69) is 17.1 Å². The number of piperidine rings is 3. The summed E-state index contributed by atoms with van der Waals surface area (Å²) in [6, 6.07) is 5.79. The van der Waals surface area contributed by atoms with Crippen LogP contribution in [-0.2, 0) is 0 Å². The van der Waals surface area contributed by atoms with Gasteiger partial charge in [-0.15, -0.1) is 0 Å². The topological polar surface area (TPSA) is 15.3 Å². The lowest BCUT2D eigenvalue weighted by atomic mass is 9.83. The predicted molar refractivity (Wildman–Crippen MR) is 75.9 cm³/mol. The summed E-state index contributed by atoms with van der Waals surface area (Å²) >= 11 is 5.73. The normalized spacial score (nSPS) is 31.4. The summed E-state index contributed by atoms with van der Waals surface area (Å²) in [5.41, 5.74) is 0.971. The summed E-state index contributed by atoms with van der Waals surface area (Å²) in [5.74, 6) is 0.450. The Kier molecular flexibility index (Phi) is 3.79. The van der Waals surface area contributed by atoms with Gasteiger partial charge in [-0.1, -0.05) is 17.7 Å². The van der Waals surface area contributed by atoms with Crippen LogP contribution >= 0.6 is 11.6 Å². The van der Waals surface area contributed by atoms with Gasteiger partial charge in [0.2, 0.25) is 0 Å². The zero-order valence-electron chi connectivity index (χ0n) is 11.2. The maximum atomic E-state index is 13.5. The molecule has 3 saturated heterocycles. The van der Waals surface area contributed by atoms with Crippen LogP contribution in [0.2, 0.25) is 5.02 Å². The van der Waals surface area contributed by atoms with Crippen molar-refractivity contribution in [1.82, 2.24) is 10.2 Å². The van der Waals surface area contributed by atoms with Gasteiger partial charge in [-0.3, -0.25) is 0 Å². The highest BCUT2D eigenvalue weighted by Gasteiger charge is 2.34. The van der Waals surface area contributed by atoms with E-state index in [-0.39, 0.29) is 16.9 Å². The Morgan fingerprint density at radius 3 is 2.68 bits per heavy atom. The molecule has 2 bridgehead atoms. The number of halogens is 2. The van der Waals surface area contributed by atoms with E-state index in [1.165, 1.54) is 25.9 Å². The summed E-state index contributed by atoms with van der Waals surface area (Å²) in [6.45, 7) is 5.71. The first kappa shape index (κ1) is 13.3. The minimum absolute atomic E-state index is 0.164. The highest BCUT2D eigenvalue weighted by molar-refractivity contribution is 6.30. The maximum absolute atomic E-state index is 13.5. The fraction of sp³-hybridized carbons (Fsp3) is 0.600. The molecule has 0 spiro atoms. The van der Waals surface area contributed by atoms with Crippen LogP contribution in [0.5, 0.6) is 0 Å². The third kappa shape index (κ3) is 2.78. The van der Waals surface area contributed by atoms with Crippen LogP contribution < -0.4 is 5.32 Å². The lowest BCUT2D eigenvalue weighted by Gasteiger charge is -2.46. The van der Waals surface area contributed by atoms with Crippen molar-refractivity contribution >= 4 is 11.6 Å². The molecule has 3 aliphatic heterocycles. The summed E-state index contributed by atoms with van der Waals surface area (Å²) in [7, 11) is 0. The van der Waals surface area contributed by atoms with Gasteiger partial charge in [0.05, 0.1) is 5.02 Å². The van der Waals surface area contributed by atoms with Crippen molar-refractivity contribution in [3.63, 3.8) is 0 Å². The first-order chi connectivity index (χ1) is 9.13. The molecule has 2 nitrogen and oxygen atoms in total. The monoisotopic (exact) mass is 282 g/mol. The number of hydrogen-bond acceptors (Lipinski definition) is 2. The number of rotatable bonds is 3. The number of hydrogen-bond donors (Lipinski definition) is 1. The minimum Gasteiger partial charge on any atom is -0.306 e. The zero-order valence-corrected chi connectivity index (χ0v) is 12.0. The van der Waals surface area contributed by atoms with Crippen LogP contribution in [0.3, 0.4) is 0 Å². The van der Waals surface area contributed by atoms with Gasteiger partial charge in [-0.25, -0.2) is 4.39 Å². The van der Waals surface area contributed by atoms with Gasteiger partial charge in [0.15, 0.2) is 0 Å². The van der Waals surface area contributed by atoms with E-state index in [4.69, 9.17) is 11.6 Å². The van der Waals surface area contributed by atoms with Gasteiger partial charge in [-0.2, -0.15) is 0 Å². The Labute approximate surface area is 118 Å². The van der Waals surface area contributed by atoms with Crippen LogP contribution in [-0.4, -0.2) is 30.6 Å². The van der Waals surface area contributed by atoms with Gasteiger partial charge in [0.25, 0.3) is 0 Å². The second-order valence-corrected chi connectivity index (χ2v) is 6.21. The molecule has 104 valence electrons. The molecule has 3 heterocycles. The van der Waals surface area contributed by atoms with Gasteiger partial charge < -0.3 is 10.2 Å². The first-order valence-electron chi connectivity index (χ1n) is 7.07. The van der Waals surface area contributed by atoms with Crippen LogP contribution in [0.1, 0.15) is 31.4 Å². The molecule has 3 fully saturated rings. The molecule has 0 aromatic heterocycles. The van der Waals surface area contributed by atoms with E-state index in [9.17, 15) is 4.39 Å². The van der Waals surface area contributed by atoms with E-state index in [1.54, 1.807) is 12.1 Å². The summed E-state index contributed by atoms with van der Waals surface area (Å²) < 4.78 is 13.5. The fourth-order valence-corrected chi connectivity index (χ4v) is 3.47. The molecule has 0 aliphatic carbocycles. The maximum Gasteiger partial charge on any atom is 0.142 e. The third-order valence-corrected chi connectivity index (χ3v) is 4.87. The smallest absolute Gasteiger partial charge is 0.142 e. The van der Waals surface area contributed by atoms with Gasteiger partial charge in [-0.05, 0) is 56.5 Å². The van der Waals surface area contributed by atoms with Crippen molar-refractivity contribution in [1.29, 1.82) is 0 Å². The van der Waals surface area contributed by atoms with Crippen LogP contribution in [0, 0.1) is 11.7 Å². The number of fused-ring (bicyclic) bond motifs is 3. The Morgan fingerprint density at radius 2 is 2.11 bits per heavy atom. The molecule has 3 aliphatic rings. The molecule has 0 radical (unpaired) electrons. The second kappa shape index (κ2) is 5.39. The number of nitrogens with one attached hydrogen (secondary N) is 1. The second-order valence-electron chi connectivity index (χ2n) is 5.81. The number of benzene rings is 1. The van der Waals surface area contributed by atoms with Crippen molar-refractivity contribution in [2.45, 2.75) is 31.8 Å². The Bertz CT molecular complexity index is 457. The van der Waals surface area contributed by atoms with Gasteiger partial charge in [0, 0.05) is 18.6 Å². The molecular weight excluding hydrogens is 263 g/mol. The summed E-state index contributed by atoms with van der Waals surface area (Å²) in [4.78, 5) is 2.52. The van der Waals surface area contributed by atoms with E-state index in [0.717, 1.165) is 18.0 Å². The average Bonchev–Trinajstić information content (AvgIpc) is 2.43. The van der Waals surface area contributed by atoms with Crippen molar-refractivity contribution < 1.29 is 4.39 Å². The lowest BCUT2D eigenvalue weighted by molar-refractivity contribution is 0.0680. The van der Waals surface area contributed by atoms with Crippen LogP contribution in [0.4, 0.5) is 4.39 Å². The standard InChI is InChI=1S/C15H20ClFN2/c1-10(12-2-3-13(16)14(17)8-12)18-15-9-19-6-4-11(15)5-7-19/h2-3,8,10-11,15,18H,4-7,9H2,1H3. The molecule has 4 rings (SSSR count). The predicted octanol–water partition coefficient (Wildman–Crippen LogP) is 3.22. The molecular formula is C15H20ClFN2. The molecule has 0 saturated carbocycles. The van der Waals surface area contributed by atoms with E-state index >= 15 is 0 Å². The lowest BCUT2D eigenvalue weighted by Crippen LogP contribution is -2.56. The third-order valence-electron chi connectivity index (χ3n) is 4.56. The van der Waals surface area contributed by atoms with Gasteiger partial charge in [0.1, 0.15) is 5.82 Å².